The van der Waals surface area contributed by atoms with Crippen molar-refractivity contribution in [2.24, 2.45) is 0 Å². The molecule has 10 heteroatoms. The summed E-state index contributed by atoms with van der Waals surface area (Å²) in [6.45, 7) is 6.15. The van der Waals surface area contributed by atoms with Crippen LogP contribution in [0, 0.1) is 12.7 Å². The molecule has 180 valence electrons. The van der Waals surface area contributed by atoms with Crippen LogP contribution in [-0.2, 0) is 21.3 Å². The summed E-state index contributed by atoms with van der Waals surface area (Å²) in [6.07, 6.45) is 2.90. The number of benzene rings is 2. The summed E-state index contributed by atoms with van der Waals surface area (Å²) in [5.74, 6) is -0.135. The third-order valence-corrected chi connectivity index (χ3v) is 7.54. The van der Waals surface area contributed by atoms with Crippen LogP contribution >= 0.6 is 0 Å². The molecule has 1 amide bonds. The molecule has 1 N–H and O–H groups in total. The maximum absolute atomic E-state index is 14.6. The molecule has 8 nitrogen and oxygen atoms in total. The molecule has 0 radical (unpaired) electrons. The van der Waals surface area contributed by atoms with Gasteiger partial charge < -0.3 is 14.6 Å². The highest BCUT2D eigenvalue weighted by Crippen LogP contribution is 2.22. The maximum Gasteiger partial charge on any atom is 0.251 e. The van der Waals surface area contributed by atoms with E-state index in [0.717, 1.165) is 0 Å². The third kappa shape index (κ3) is 5.03. The van der Waals surface area contributed by atoms with E-state index < -0.39 is 15.8 Å². The zero-order valence-electron chi connectivity index (χ0n) is 19.2. The van der Waals surface area contributed by atoms with Crippen molar-refractivity contribution in [1.29, 1.82) is 0 Å². The number of rotatable bonds is 6. The number of nitrogens with zero attached hydrogens (tertiary/aromatic N) is 3. The molecule has 1 fully saturated rings. The number of sulfonamides is 1. The van der Waals surface area contributed by atoms with Crippen LogP contribution in [0.1, 0.15) is 35.6 Å². The van der Waals surface area contributed by atoms with Gasteiger partial charge in [0.1, 0.15) is 11.6 Å². The highest BCUT2D eigenvalue weighted by Gasteiger charge is 2.32. The monoisotopic (exact) mass is 486 g/mol. The molecule has 2 unspecified atom stereocenters. The number of ether oxygens (including phenoxy) is 1. The summed E-state index contributed by atoms with van der Waals surface area (Å²) in [6, 6.07) is 10.5. The first-order valence-electron chi connectivity index (χ1n) is 11.0. The molecule has 0 bridgehead atoms. The highest BCUT2D eigenvalue weighted by molar-refractivity contribution is 7.89. The van der Waals surface area contributed by atoms with Crippen LogP contribution in [0.15, 0.2) is 59.8 Å². The fourth-order valence-corrected chi connectivity index (χ4v) is 5.62. The lowest BCUT2D eigenvalue weighted by Crippen LogP contribution is -2.48. The average molecular weight is 487 g/mol. The first-order chi connectivity index (χ1) is 16.1. The second kappa shape index (κ2) is 9.65. The van der Waals surface area contributed by atoms with E-state index in [1.54, 1.807) is 36.0 Å². The molecule has 2 aromatic carbocycles. The number of carbonyl (C=O) groups excluding carboxylic acids is 1. The Kier molecular flexibility index (Phi) is 6.83. The number of morpholine rings is 1. The number of aromatic nitrogens is 2. The van der Waals surface area contributed by atoms with Gasteiger partial charge in [-0.1, -0.05) is 6.07 Å². The second-order valence-electron chi connectivity index (χ2n) is 8.42. The SMILES string of the molecule is Cc1nccn1-c1ccc(CNC(=O)c2ccc(S(=O)(=O)N3CC(C)OC(C)C3)cc2)cc1F. The fourth-order valence-electron chi connectivity index (χ4n) is 4.03. The summed E-state index contributed by atoms with van der Waals surface area (Å²) in [5.41, 5.74) is 1.29. The van der Waals surface area contributed by atoms with Gasteiger partial charge in [-0.25, -0.2) is 17.8 Å². The lowest BCUT2D eigenvalue weighted by molar-refractivity contribution is -0.0440. The zero-order valence-corrected chi connectivity index (χ0v) is 20.0. The average Bonchev–Trinajstić information content (AvgIpc) is 3.22. The number of aryl methyl sites for hydroxylation is 1. The predicted octanol–water partition coefficient (Wildman–Crippen LogP) is 3.05. The summed E-state index contributed by atoms with van der Waals surface area (Å²) in [5, 5.41) is 2.74. The summed E-state index contributed by atoms with van der Waals surface area (Å²) < 4.78 is 49.2. The highest BCUT2D eigenvalue weighted by atomic mass is 32.2. The van der Waals surface area contributed by atoms with Gasteiger partial charge >= 0.3 is 0 Å². The second-order valence-corrected chi connectivity index (χ2v) is 10.4. The Bertz CT molecular complexity index is 1280. The van der Waals surface area contributed by atoms with Crippen molar-refractivity contribution in [2.45, 2.75) is 44.4 Å². The number of nitrogens with one attached hydrogen (secondary N) is 1. The topological polar surface area (TPSA) is 93.5 Å². The van der Waals surface area contributed by atoms with Crippen molar-refractivity contribution in [3.8, 4) is 5.69 Å². The molecule has 1 saturated heterocycles. The van der Waals surface area contributed by atoms with Crippen molar-refractivity contribution >= 4 is 15.9 Å². The van der Waals surface area contributed by atoms with Crippen LogP contribution in [0.5, 0.6) is 0 Å². The van der Waals surface area contributed by atoms with Gasteiger partial charge in [0, 0.05) is 37.6 Å². The van der Waals surface area contributed by atoms with Crippen LogP contribution in [0.3, 0.4) is 0 Å². The molecular formula is C24H27FN4O4S. The van der Waals surface area contributed by atoms with E-state index in [0.29, 0.717) is 22.6 Å². The molecule has 34 heavy (non-hydrogen) atoms. The van der Waals surface area contributed by atoms with Crippen LogP contribution in [0.25, 0.3) is 5.69 Å². The molecule has 0 saturated carbocycles. The normalized spacial score (nSPS) is 19.2. The molecule has 4 rings (SSSR count). The molecule has 2 heterocycles. The van der Waals surface area contributed by atoms with Gasteiger partial charge in [-0.05, 0) is 62.7 Å². The zero-order chi connectivity index (χ0) is 24.5. The molecule has 1 aliphatic rings. The molecule has 1 aliphatic heterocycles. The van der Waals surface area contributed by atoms with Gasteiger partial charge in [0.15, 0.2) is 0 Å². The van der Waals surface area contributed by atoms with E-state index in [9.17, 15) is 17.6 Å². The lowest BCUT2D eigenvalue weighted by atomic mass is 10.1. The van der Waals surface area contributed by atoms with Crippen molar-refractivity contribution in [3.63, 3.8) is 0 Å². The summed E-state index contributed by atoms with van der Waals surface area (Å²) in [7, 11) is -3.68. The Hall–Kier alpha value is -3.08. The quantitative estimate of drug-likeness (QED) is 0.578. The third-order valence-electron chi connectivity index (χ3n) is 5.69. The van der Waals surface area contributed by atoms with Gasteiger partial charge in [0.25, 0.3) is 5.91 Å². The number of hydrogen-bond acceptors (Lipinski definition) is 5. The van der Waals surface area contributed by atoms with E-state index in [1.807, 2.05) is 13.8 Å². The molecule has 2 atom stereocenters. The van der Waals surface area contributed by atoms with Crippen LogP contribution in [0.2, 0.25) is 0 Å². The Morgan fingerprint density at radius 3 is 2.41 bits per heavy atom. The van der Waals surface area contributed by atoms with Gasteiger partial charge in [-0.15, -0.1) is 0 Å². The van der Waals surface area contributed by atoms with Crippen LogP contribution < -0.4 is 5.32 Å². The minimum absolute atomic E-state index is 0.123. The fraction of sp³-hybridized carbons (Fsp3) is 0.333. The number of halogens is 1. The lowest BCUT2D eigenvalue weighted by Gasteiger charge is -2.34. The molecule has 0 aliphatic carbocycles. The van der Waals surface area contributed by atoms with E-state index >= 15 is 0 Å². The van der Waals surface area contributed by atoms with Crippen molar-refractivity contribution in [1.82, 2.24) is 19.2 Å². The minimum atomic E-state index is -3.68. The first-order valence-corrected chi connectivity index (χ1v) is 12.4. The van der Waals surface area contributed by atoms with E-state index in [1.165, 1.54) is 34.6 Å². The molecule has 0 spiro atoms. The number of imidazole rings is 1. The Labute approximate surface area is 198 Å². The maximum atomic E-state index is 14.6. The van der Waals surface area contributed by atoms with E-state index in [-0.39, 0.29) is 42.6 Å². The van der Waals surface area contributed by atoms with Gasteiger partial charge in [0.2, 0.25) is 10.0 Å². The van der Waals surface area contributed by atoms with Crippen LogP contribution in [-0.4, -0.2) is 53.5 Å². The van der Waals surface area contributed by atoms with Gasteiger partial charge in [-0.2, -0.15) is 4.31 Å². The largest absolute Gasteiger partial charge is 0.373 e. The van der Waals surface area contributed by atoms with Gasteiger partial charge in [-0.3, -0.25) is 4.79 Å². The van der Waals surface area contributed by atoms with Gasteiger partial charge in [0.05, 0.1) is 22.8 Å². The molecule has 3 aromatic rings. The first kappa shape index (κ1) is 24.1. The van der Waals surface area contributed by atoms with Crippen molar-refractivity contribution < 1.29 is 22.3 Å². The number of hydrogen-bond donors (Lipinski definition) is 1. The standard InChI is InChI=1S/C24H27FN4O4S/c1-16-14-28(15-17(2)33-16)34(31,32)21-7-5-20(6-8-21)24(30)27-13-19-4-9-23(22(25)12-19)29-11-10-26-18(29)3/h4-12,16-17H,13-15H2,1-3H3,(H,27,30). The van der Waals surface area contributed by atoms with E-state index in [2.05, 4.69) is 10.3 Å². The molecule has 1 aromatic heterocycles. The predicted molar refractivity (Wildman–Crippen MR) is 125 cm³/mol. The number of carbonyl (C=O) groups is 1. The Morgan fingerprint density at radius 2 is 1.82 bits per heavy atom. The van der Waals surface area contributed by atoms with Crippen molar-refractivity contribution in [3.05, 3.63) is 77.6 Å². The Morgan fingerprint density at radius 1 is 1.15 bits per heavy atom. The minimum Gasteiger partial charge on any atom is -0.373 e. The van der Waals surface area contributed by atoms with Crippen molar-refractivity contribution in [2.75, 3.05) is 13.1 Å². The molecular weight excluding hydrogens is 459 g/mol. The Balaban J connectivity index is 1.40. The van der Waals surface area contributed by atoms with Crippen LogP contribution in [0.4, 0.5) is 4.39 Å². The summed E-state index contributed by atoms with van der Waals surface area (Å²) in [4.78, 5) is 16.8. The van der Waals surface area contributed by atoms with E-state index in [4.69, 9.17) is 4.74 Å². The smallest absolute Gasteiger partial charge is 0.251 e. The summed E-state index contributed by atoms with van der Waals surface area (Å²) >= 11 is 0. The number of amides is 1.